The van der Waals surface area contributed by atoms with Crippen molar-refractivity contribution in [1.29, 1.82) is 0 Å². The molecule has 1 N–H and O–H groups in total. The van der Waals surface area contributed by atoms with Crippen molar-refractivity contribution < 1.29 is 23.4 Å². The fraction of sp³-hybridized carbons (Fsp3) is 0.125. The van der Waals surface area contributed by atoms with E-state index in [-0.39, 0.29) is 0 Å². The van der Waals surface area contributed by atoms with Gasteiger partial charge in [-0.3, -0.25) is 0 Å². The van der Waals surface area contributed by atoms with E-state index in [4.69, 9.17) is 5.11 Å². The van der Waals surface area contributed by atoms with Gasteiger partial charge in [0.05, 0.1) is 7.11 Å². The fourth-order valence-electron chi connectivity index (χ4n) is 0.815. The van der Waals surface area contributed by atoms with Crippen LogP contribution in [0.5, 0.6) is 5.75 Å². The summed E-state index contributed by atoms with van der Waals surface area (Å²) >= 11 is 0. The minimum absolute atomic E-state index is 0.401. The van der Waals surface area contributed by atoms with Gasteiger partial charge in [0.1, 0.15) is 5.56 Å². The maximum absolute atomic E-state index is 12.7. The number of rotatable bonds is 1. The number of ether oxygens (including phenoxy) is 1. The lowest BCUT2D eigenvalue weighted by Crippen LogP contribution is -2.03. The second kappa shape index (κ2) is 3.38. The summed E-state index contributed by atoms with van der Waals surface area (Å²) in [4.78, 5) is 10.8. The van der Waals surface area contributed by atoms with Crippen LogP contribution >= 0.6 is 0 Å². The molecule has 5 heteroatoms. The largest absolute Gasteiger partial charge is 0.504 e. The van der Waals surface area contributed by atoms with E-state index in [9.17, 15) is 13.6 Å². The van der Waals surface area contributed by atoms with Crippen LogP contribution in [0.2, 0.25) is 0 Å². The zero-order valence-corrected chi connectivity index (χ0v) is 6.67. The summed E-state index contributed by atoms with van der Waals surface area (Å²) in [6, 6.07) is 1.68. The summed E-state index contributed by atoms with van der Waals surface area (Å²) in [6.07, 6.45) is 0. The van der Waals surface area contributed by atoms with Gasteiger partial charge in [-0.2, -0.15) is 4.39 Å². The second-order valence-electron chi connectivity index (χ2n) is 2.25. The van der Waals surface area contributed by atoms with Crippen molar-refractivity contribution in [2.45, 2.75) is 0 Å². The van der Waals surface area contributed by atoms with E-state index >= 15 is 0 Å². The Kier molecular flexibility index (Phi) is 2.46. The summed E-state index contributed by atoms with van der Waals surface area (Å²) in [6.45, 7) is 0. The van der Waals surface area contributed by atoms with E-state index in [0.717, 1.165) is 19.2 Å². The van der Waals surface area contributed by atoms with Crippen LogP contribution in [-0.2, 0) is 4.74 Å². The number of carbonyl (C=O) groups is 1. The van der Waals surface area contributed by atoms with Crippen LogP contribution in [-0.4, -0.2) is 18.2 Å². The predicted molar refractivity (Wildman–Crippen MR) is 39.4 cm³/mol. The highest BCUT2D eigenvalue weighted by Crippen LogP contribution is 2.23. The van der Waals surface area contributed by atoms with Gasteiger partial charge in [-0.05, 0) is 12.1 Å². The molecule has 1 aromatic carbocycles. The molecule has 0 radical (unpaired) electrons. The van der Waals surface area contributed by atoms with Gasteiger partial charge in [0.25, 0.3) is 0 Å². The number of esters is 1. The molecule has 0 aromatic heterocycles. The monoisotopic (exact) mass is 188 g/mol. The summed E-state index contributed by atoms with van der Waals surface area (Å²) < 4.78 is 29.3. The number of phenolic OH excluding ortho intramolecular Hbond substituents is 1. The third kappa shape index (κ3) is 1.58. The lowest BCUT2D eigenvalue weighted by Gasteiger charge is -2.02. The van der Waals surface area contributed by atoms with Crippen LogP contribution in [0.1, 0.15) is 10.4 Å². The van der Waals surface area contributed by atoms with Crippen molar-refractivity contribution in [3.63, 3.8) is 0 Å². The molecule has 0 heterocycles. The molecule has 1 aromatic rings. The Morgan fingerprint density at radius 3 is 2.62 bits per heavy atom. The van der Waals surface area contributed by atoms with Crippen LogP contribution in [0, 0.1) is 11.6 Å². The van der Waals surface area contributed by atoms with Gasteiger partial charge in [0, 0.05) is 0 Å². The number of methoxy groups -OCH3 is 1. The Labute approximate surface area is 72.6 Å². The molecule has 0 fully saturated rings. The van der Waals surface area contributed by atoms with Crippen molar-refractivity contribution >= 4 is 5.97 Å². The van der Waals surface area contributed by atoms with E-state index in [0.29, 0.717) is 0 Å². The Bertz CT molecular complexity index is 349. The minimum Gasteiger partial charge on any atom is -0.504 e. The molecule has 3 nitrogen and oxygen atoms in total. The number of benzene rings is 1. The number of hydrogen-bond donors (Lipinski definition) is 1. The molecule has 0 spiro atoms. The third-order valence-electron chi connectivity index (χ3n) is 1.47. The maximum atomic E-state index is 12.7. The highest BCUT2D eigenvalue weighted by molar-refractivity contribution is 5.92. The smallest absolute Gasteiger partial charge is 0.341 e. The van der Waals surface area contributed by atoms with Gasteiger partial charge in [-0.15, -0.1) is 0 Å². The summed E-state index contributed by atoms with van der Waals surface area (Å²) in [7, 11) is 1.07. The molecule has 0 aliphatic heterocycles. The highest BCUT2D eigenvalue weighted by atomic mass is 19.2. The quantitative estimate of drug-likeness (QED) is 0.678. The first-order chi connectivity index (χ1) is 6.07. The number of carbonyl (C=O) groups excluding carboxylic acids is 1. The van der Waals surface area contributed by atoms with Gasteiger partial charge < -0.3 is 9.84 Å². The molecule has 0 amide bonds. The van der Waals surface area contributed by atoms with Crippen molar-refractivity contribution in [2.75, 3.05) is 7.11 Å². The Hall–Kier alpha value is -1.65. The predicted octanol–water partition coefficient (Wildman–Crippen LogP) is 1.46. The van der Waals surface area contributed by atoms with Crippen LogP contribution in [0.15, 0.2) is 12.1 Å². The SMILES string of the molecule is COC(=O)c1ccc(F)c(F)c1O. The summed E-state index contributed by atoms with van der Waals surface area (Å²) in [5, 5.41) is 8.96. The summed E-state index contributed by atoms with van der Waals surface area (Å²) in [5.41, 5.74) is -0.401. The lowest BCUT2D eigenvalue weighted by molar-refractivity contribution is 0.0596. The van der Waals surface area contributed by atoms with E-state index in [1.165, 1.54) is 0 Å². The zero-order chi connectivity index (χ0) is 10.0. The van der Waals surface area contributed by atoms with Crippen molar-refractivity contribution in [2.24, 2.45) is 0 Å². The maximum Gasteiger partial charge on any atom is 0.341 e. The molecule has 0 saturated heterocycles. The van der Waals surface area contributed by atoms with Gasteiger partial charge in [-0.25, -0.2) is 9.18 Å². The average Bonchev–Trinajstić information content (AvgIpc) is 2.13. The van der Waals surface area contributed by atoms with Crippen LogP contribution in [0.25, 0.3) is 0 Å². The van der Waals surface area contributed by atoms with Crippen LogP contribution in [0.3, 0.4) is 0 Å². The normalized spacial score (nSPS) is 9.77. The minimum atomic E-state index is -1.46. The molecular formula is C8H6F2O3. The molecule has 0 aliphatic carbocycles. The Balaban J connectivity index is 3.26. The number of hydrogen-bond acceptors (Lipinski definition) is 3. The van der Waals surface area contributed by atoms with Crippen molar-refractivity contribution in [1.82, 2.24) is 0 Å². The molecule has 0 unspecified atom stereocenters. The van der Waals surface area contributed by atoms with Crippen LogP contribution in [0.4, 0.5) is 8.78 Å². The topological polar surface area (TPSA) is 46.5 Å². The molecule has 0 atom stereocenters. The molecule has 1 rings (SSSR count). The van der Waals surface area contributed by atoms with Crippen molar-refractivity contribution in [3.05, 3.63) is 29.3 Å². The molecular weight excluding hydrogens is 182 g/mol. The third-order valence-corrected chi connectivity index (χ3v) is 1.47. The molecule has 0 saturated carbocycles. The first-order valence-corrected chi connectivity index (χ1v) is 3.33. The number of halogens is 2. The molecule has 0 aliphatic rings. The molecule has 70 valence electrons. The highest BCUT2D eigenvalue weighted by Gasteiger charge is 2.17. The summed E-state index contributed by atoms with van der Waals surface area (Å²) in [5.74, 6) is -4.63. The van der Waals surface area contributed by atoms with E-state index in [2.05, 4.69) is 4.74 Å². The van der Waals surface area contributed by atoms with Gasteiger partial charge in [-0.1, -0.05) is 0 Å². The zero-order valence-electron chi connectivity index (χ0n) is 6.67. The first kappa shape index (κ1) is 9.44. The number of aromatic hydroxyl groups is 1. The fourth-order valence-corrected chi connectivity index (χ4v) is 0.815. The lowest BCUT2D eigenvalue weighted by atomic mass is 10.2. The Morgan fingerprint density at radius 2 is 2.08 bits per heavy atom. The second-order valence-corrected chi connectivity index (χ2v) is 2.25. The van der Waals surface area contributed by atoms with E-state index in [1.54, 1.807) is 0 Å². The van der Waals surface area contributed by atoms with E-state index < -0.39 is 28.9 Å². The standard InChI is InChI=1S/C8H6F2O3/c1-13-8(12)4-2-3-5(9)6(10)7(4)11/h2-3,11H,1H3. The Morgan fingerprint density at radius 1 is 1.46 bits per heavy atom. The van der Waals surface area contributed by atoms with Crippen molar-refractivity contribution in [3.8, 4) is 5.75 Å². The van der Waals surface area contributed by atoms with Gasteiger partial charge in [0.2, 0.25) is 5.82 Å². The van der Waals surface area contributed by atoms with Gasteiger partial charge >= 0.3 is 5.97 Å². The van der Waals surface area contributed by atoms with Crippen LogP contribution < -0.4 is 0 Å². The number of phenols is 1. The average molecular weight is 188 g/mol. The molecule has 13 heavy (non-hydrogen) atoms. The van der Waals surface area contributed by atoms with E-state index in [1.807, 2.05) is 0 Å². The van der Waals surface area contributed by atoms with Gasteiger partial charge in [0.15, 0.2) is 11.6 Å². The molecule has 0 bridgehead atoms. The first-order valence-electron chi connectivity index (χ1n) is 3.33.